The van der Waals surface area contributed by atoms with Crippen molar-refractivity contribution in [3.8, 4) is 0 Å². The van der Waals surface area contributed by atoms with E-state index in [9.17, 15) is 9.59 Å². The summed E-state index contributed by atoms with van der Waals surface area (Å²) < 4.78 is 5.78. The number of halogens is 1. The lowest BCUT2D eigenvalue weighted by molar-refractivity contribution is -0.135. The van der Waals surface area contributed by atoms with E-state index in [2.05, 4.69) is 6.92 Å². The maximum atomic E-state index is 12.9. The topological polar surface area (TPSA) is 53.8 Å². The van der Waals surface area contributed by atoms with E-state index in [1.54, 1.807) is 4.90 Å². The number of hydrogen-bond donors (Lipinski definition) is 0. The molecule has 0 atom stereocenters. The van der Waals surface area contributed by atoms with Gasteiger partial charge in [-0.2, -0.15) is 0 Å². The second-order valence-corrected chi connectivity index (χ2v) is 7.05. The summed E-state index contributed by atoms with van der Waals surface area (Å²) in [5.41, 5.74) is 2.31. The van der Waals surface area contributed by atoms with Crippen molar-refractivity contribution in [1.82, 2.24) is 9.80 Å². The summed E-state index contributed by atoms with van der Waals surface area (Å²) in [4.78, 5) is 28.6. The first-order chi connectivity index (χ1) is 11.9. The Balaban J connectivity index is 1.82. The number of unbranched alkanes of at least 4 members (excludes halogenated alkanes) is 1. The molecule has 3 rings (SSSR count). The van der Waals surface area contributed by atoms with Gasteiger partial charge in [0.1, 0.15) is 6.54 Å². The molecule has 0 unspecified atom stereocenters. The molecule has 2 amide bonds. The van der Waals surface area contributed by atoms with E-state index < -0.39 is 0 Å². The lowest BCUT2D eigenvalue weighted by atomic mass is 10.1. The molecule has 0 N–H and O–H groups in total. The van der Waals surface area contributed by atoms with E-state index in [0.717, 1.165) is 35.9 Å². The van der Waals surface area contributed by atoms with Crippen LogP contribution in [0.2, 0.25) is 5.02 Å². The zero-order valence-electron chi connectivity index (χ0n) is 14.9. The zero-order valence-corrected chi connectivity index (χ0v) is 15.7. The molecular formula is C19H23ClN2O3. The molecule has 2 heterocycles. The molecule has 5 nitrogen and oxygen atoms in total. The summed E-state index contributed by atoms with van der Waals surface area (Å²) >= 11 is 6.25. The first-order valence-electron chi connectivity index (χ1n) is 8.68. The molecule has 1 aliphatic rings. The van der Waals surface area contributed by atoms with Gasteiger partial charge in [-0.15, -0.1) is 0 Å². The fourth-order valence-corrected chi connectivity index (χ4v) is 3.54. The third-order valence-electron chi connectivity index (χ3n) is 4.72. The number of rotatable bonds is 4. The smallest absolute Gasteiger partial charge is 0.290 e. The number of hydrogen-bond acceptors (Lipinski definition) is 3. The second-order valence-electron chi connectivity index (χ2n) is 6.64. The molecule has 25 heavy (non-hydrogen) atoms. The van der Waals surface area contributed by atoms with Gasteiger partial charge in [0.25, 0.3) is 5.91 Å². The second kappa shape index (κ2) is 7.08. The maximum absolute atomic E-state index is 12.9. The number of furan rings is 1. The number of carbonyl (C=O) groups excluding carboxylic acids is 2. The molecule has 134 valence electrons. The van der Waals surface area contributed by atoms with Crippen molar-refractivity contribution in [2.75, 3.05) is 26.2 Å². The molecule has 1 aromatic heterocycles. The fraction of sp³-hybridized carbons (Fsp3) is 0.474. The number of benzene rings is 1. The van der Waals surface area contributed by atoms with Gasteiger partial charge in [-0.1, -0.05) is 24.9 Å². The molecule has 0 saturated carbocycles. The van der Waals surface area contributed by atoms with Gasteiger partial charge < -0.3 is 14.2 Å². The Labute approximate surface area is 152 Å². The normalized spacial score (nSPS) is 15.3. The first-order valence-corrected chi connectivity index (χ1v) is 9.06. The van der Waals surface area contributed by atoms with Crippen LogP contribution in [0.4, 0.5) is 0 Å². The highest BCUT2D eigenvalue weighted by Crippen LogP contribution is 2.32. The van der Waals surface area contributed by atoms with Crippen LogP contribution in [0.5, 0.6) is 0 Å². The van der Waals surface area contributed by atoms with Gasteiger partial charge in [0.15, 0.2) is 11.3 Å². The van der Waals surface area contributed by atoms with E-state index >= 15 is 0 Å². The van der Waals surface area contributed by atoms with Crippen LogP contribution in [0, 0.1) is 13.8 Å². The van der Waals surface area contributed by atoms with Crippen molar-refractivity contribution in [3.05, 3.63) is 34.0 Å². The predicted molar refractivity (Wildman–Crippen MR) is 98.1 cm³/mol. The lowest BCUT2D eigenvalue weighted by Gasteiger charge is -2.34. The van der Waals surface area contributed by atoms with Crippen LogP contribution in [0.1, 0.15) is 41.4 Å². The number of nitrogens with zero attached hydrogens (tertiary/aromatic N) is 2. The standard InChI is InChI=1S/C19H23ClN2O3/c1-4-5-6-21-7-8-22(11-16(21)23)19(24)17-13(3)14-9-12(2)10-15(20)18(14)25-17/h9-10H,4-8,11H2,1-3H3. The summed E-state index contributed by atoms with van der Waals surface area (Å²) in [6.45, 7) is 7.87. The monoisotopic (exact) mass is 362 g/mol. The van der Waals surface area contributed by atoms with Crippen LogP contribution in [0.25, 0.3) is 11.0 Å². The van der Waals surface area contributed by atoms with Gasteiger partial charge in [0.05, 0.1) is 5.02 Å². The maximum Gasteiger partial charge on any atom is 0.290 e. The van der Waals surface area contributed by atoms with E-state index in [1.807, 2.05) is 30.9 Å². The number of aryl methyl sites for hydroxylation is 2. The predicted octanol–water partition coefficient (Wildman–Crippen LogP) is 3.79. The zero-order chi connectivity index (χ0) is 18.1. The molecule has 0 radical (unpaired) electrons. The van der Waals surface area contributed by atoms with Crippen LogP contribution >= 0.6 is 11.6 Å². The Morgan fingerprint density at radius 1 is 1.28 bits per heavy atom. The van der Waals surface area contributed by atoms with E-state index in [4.69, 9.17) is 16.0 Å². The minimum Gasteiger partial charge on any atom is -0.449 e. The Morgan fingerprint density at radius 2 is 2.04 bits per heavy atom. The van der Waals surface area contributed by atoms with Gasteiger partial charge in [0, 0.05) is 30.6 Å². The number of carbonyl (C=O) groups is 2. The summed E-state index contributed by atoms with van der Waals surface area (Å²) in [5.74, 6) is 0.0268. The summed E-state index contributed by atoms with van der Waals surface area (Å²) in [6.07, 6.45) is 2.03. The van der Waals surface area contributed by atoms with E-state index in [-0.39, 0.29) is 24.1 Å². The first kappa shape index (κ1) is 17.8. The minimum absolute atomic E-state index is 0.00399. The highest BCUT2D eigenvalue weighted by Gasteiger charge is 2.30. The Morgan fingerprint density at radius 3 is 2.72 bits per heavy atom. The lowest BCUT2D eigenvalue weighted by Crippen LogP contribution is -2.52. The highest BCUT2D eigenvalue weighted by atomic mass is 35.5. The van der Waals surface area contributed by atoms with Gasteiger partial charge >= 0.3 is 0 Å². The molecule has 1 aromatic carbocycles. The Bertz CT molecular complexity index is 828. The third-order valence-corrected chi connectivity index (χ3v) is 5.00. The molecule has 1 saturated heterocycles. The van der Waals surface area contributed by atoms with Gasteiger partial charge in [-0.25, -0.2) is 0 Å². The van der Waals surface area contributed by atoms with Gasteiger partial charge in [-0.3, -0.25) is 9.59 Å². The SMILES string of the molecule is CCCCN1CCN(C(=O)c2oc3c(Cl)cc(C)cc3c2C)CC1=O. The van der Waals surface area contributed by atoms with Gasteiger partial charge in [0.2, 0.25) is 5.91 Å². The van der Waals surface area contributed by atoms with E-state index in [0.29, 0.717) is 23.7 Å². The molecule has 6 heteroatoms. The quantitative estimate of drug-likeness (QED) is 0.831. The van der Waals surface area contributed by atoms with Crippen LogP contribution < -0.4 is 0 Å². The molecule has 0 spiro atoms. The van der Waals surface area contributed by atoms with Crippen molar-refractivity contribution < 1.29 is 14.0 Å². The van der Waals surface area contributed by atoms with Crippen LogP contribution in [0.15, 0.2) is 16.5 Å². The minimum atomic E-state index is -0.245. The Hall–Kier alpha value is -2.01. The third kappa shape index (κ3) is 3.38. The summed E-state index contributed by atoms with van der Waals surface area (Å²) in [7, 11) is 0. The average Bonchev–Trinajstić information content (AvgIpc) is 2.90. The van der Waals surface area contributed by atoms with Gasteiger partial charge in [-0.05, 0) is 38.0 Å². The van der Waals surface area contributed by atoms with Crippen LogP contribution in [0.3, 0.4) is 0 Å². The highest BCUT2D eigenvalue weighted by molar-refractivity contribution is 6.35. The van der Waals surface area contributed by atoms with Crippen molar-refractivity contribution in [2.45, 2.75) is 33.6 Å². The molecule has 1 fully saturated rings. The van der Waals surface area contributed by atoms with Crippen molar-refractivity contribution in [1.29, 1.82) is 0 Å². The van der Waals surface area contributed by atoms with E-state index in [1.165, 1.54) is 0 Å². The average molecular weight is 363 g/mol. The van der Waals surface area contributed by atoms with Crippen molar-refractivity contribution in [2.24, 2.45) is 0 Å². The number of amides is 2. The molecule has 0 aliphatic carbocycles. The molecule has 2 aromatic rings. The van der Waals surface area contributed by atoms with Crippen LogP contribution in [-0.4, -0.2) is 47.8 Å². The van der Waals surface area contributed by atoms with Crippen molar-refractivity contribution in [3.63, 3.8) is 0 Å². The van der Waals surface area contributed by atoms with Crippen LogP contribution in [-0.2, 0) is 4.79 Å². The Kier molecular flexibility index (Phi) is 5.04. The number of fused-ring (bicyclic) bond motifs is 1. The fourth-order valence-electron chi connectivity index (χ4n) is 3.23. The molecular weight excluding hydrogens is 340 g/mol. The summed E-state index contributed by atoms with van der Waals surface area (Å²) in [6, 6.07) is 3.78. The van der Waals surface area contributed by atoms with Crippen molar-refractivity contribution >= 4 is 34.4 Å². The molecule has 1 aliphatic heterocycles. The molecule has 0 bridgehead atoms. The summed E-state index contributed by atoms with van der Waals surface area (Å²) in [5, 5.41) is 1.35. The number of piperazine rings is 1. The largest absolute Gasteiger partial charge is 0.449 e.